The summed E-state index contributed by atoms with van der Waals surface area (Å²) in [5.41, 5.74) is 12.3. The molecule has 3 nitrogen and oxygen atoms in total. The SMILES string of the molecule is [N-]=[N+]=NCCCC1=CCc2ccccc21. The van der Waals surface area contributed by atoms with E-state index in [9.17, 15) is 0 Å². The highest BCUT2D eigenvalue weighted by atomic mass is 15.1. The van der Waals surface area contributed by atoms with Crippen molar-refractivity contribution in [3.63, 3.8) is 0 Å². The molecule has 3 heteroatoms. The van der Waals surface area contributed by atoms with Gasteiger partial charge in [0.1, 0.15) is 0 Å². The summed E-state index contributed by atoms with van der Waals surface area (Å²) >= 11 is 0. The molecule has 1 aromatic rings. The second-order valence-electron chi connectivity index (χ2n) is 3.65. The van der Waals surface area contributed by atoms with E-state index >= 15 is 0 Å². The fraction of sp³-hybridized carbons (Fsp3) is 0.333. The van der Waals surface area contributed by atoms with Gasteiger partial charge in [0.15, 0.2) is 0 Å². The number of nitrogens with zero attached hydrogens (tertiary/aromatic N) is 3. The van der Waals surface area contributed by atoms with Crippen LogP contribution in [0.5, 0.6) is 0 Å². The van der Waals surface area contributed by atoms with E-state index in [0.29, 0.717) is 6.54 Å². The van der Waals surface area contributed by atoms with E-state index < -0.39 is 0 Å². The molecule has 0 atom stereocenters. The Labute approximate surface area is 89.1 Å². The molecule has 2 rings (SSSR count). The first-order valence-corrected chi connectivity index (χ1v) is 5.20. The molecule has 0 heterocycles. The van der Waals surface area contributed by atoms with Crippen LogP contribution in [-0.2, 0) is 6.42 Å². The van der Waals surface area contributed by atoms with Crippen LogP contribution < -0.4 is 0 Å². The topological polar surface area (TPSA) is 48.8 Å². The number of benzene rings is 1. The van der Waals surface area contributed by atoms with Crippen LogP contribution in [0.2, 0.25) is 0 Å². The zero-order valence-electron chi connectivity index (χ0n) is 8.56. The number of hydrogen-bond donors (Lipinski definition) is 0. The number of hydrogen-bond acceptors (Lipinski definition) is 1. The molecular formula is C12H13N3. The lowest BCUT2D eigenvalue weighted by molar-refractivity contribution is 0.859. The molecule has 0 spiro atoms. The summed E-state index contributed by atoms with van der Waals surface area (Å²) in [4.78, 5) is 2.75. The first-order chi connectivity index (χ1) is 7.42. The predicted octanol–water partition coefficient (Wildman–Crippen LogP) is 3.72. The largest absolute Gasteiger partial charge is 0.0940 e. The Bertz CT molecular complexity index is 428. The quantitative estimate of drug-likeness (QED) is 0.307. The van der Waals surface area contributed by atoms with Crippen molar-refractivity contribution in [2.24, 2.45) is 5.11 Å². The molecule has 0 saturated carbocycles. The summed E-state index contributed by atoms with van der Waals surface area (Å²) in [5, 5.41) is 3.54. The molecule has 15 heavy (non-hydrogen) atoms. The first kappa shape index (κ1) is 9.81. The molecule has 0 bridgehead atoms. The van der Waals surface area contributed by atoms with Crippen LogP contribution in [0.15, 0.2) is 35.5 Å². The Morgan fingerprint density at radius 2 is 2.20 bits per heavy atom. The van der Waals surface area contributed by atoms with Gasteiger partial charge >= 0.3 is 0 Å². The highest BCUT2D eigenvalue weighted by Crippen LogP contribution is 2.30. The summed E-state index contributed by atoms with van der Waals surface area (Å²) in [6.45, 7) is 0.593. The van der Waals surface area contributed by atoms with E-state index in [-0.39, 0.29) is 0 Å². The molecule has 1 aliphatic rings. The molecular weight excluding hydrogens is 186 g/mol. The first-order valence-electron chi connectivity index (χ1n) is 5.20. The number of azide groups is 1. The van der Waals surface area contributed by atoms with Crippen molar-refractivity contribution in [2.45, 2.75) is 19.3 Å². The van der Waals surface area contributed by atoms with E-state index in [2.05, 4.69) is 40.4 Å². The minimum absolute atomic E-state index is 0.593. The van der Waals surface area contributed by atoms with Gasteiger partial charge in [-0.15, -0.1) is 0 Å². The van der Waals surface area contributed by atoms with Crippen molar-refractivity contribution in [3.05, 3.63) is 51.9 Å². The average molecular weight is 199 g/mol. The number of rotatable bonds is 4. The zero-order chi connectivity index (χ0) is 10.5. The Balaban J connectivity index is 1.98. The van der Waals surface area contributed by atoms with Crippen molar-refractivity contribution < 1.29 is 0 Å². The monoisotopic (exact) mass is 199 g/mol. The van der Waals surface area contributed by atoms with Gasteiger partial charge < -0.3 is 0 Å². The second-order valence-corrected chi connectivity index (χ2v) is 3.65. The minimum atomic E-state index is 0.593. The molecule has 0 amide bonds. The van der Waals surface area contributed by atoms with Crippen molar-refractivity contribution in [3.8, 4) is 0 Å². The van der Waals surface area contributed by atoms with Gasteiger partial charge in [-0.25, -0.2) is 0 Å². The highest BCUT2D eigenvalue weighted by Gasteiger charge is 2.11. The maximum Gasteiger partial charge on any atom is 0.0261 e. The smallest absolute Gasteiger partial charge is 0.0261 e. The third-order valence-corrected chi connectivity index (χ3v) is 2.70. The lowest BCUT2D eigenvalue weighted by atomic mass is 10.0. The van der Waals surface area contributed by atoms with E-state index in [1.54, 1.807) is 0 Å². The van der Waals surface area contributed by atoms with Gasteiger partial charge in [0.25, 0.3) is 0 Å². The molecule has 0 fully saturated rings. The van der Waals surface area contributed by atoms with Crippen LogP contribution >= 0.6 is 0 Å². The number of fused-ring (bicyclic) bond motifs is 1. The van der Waals surface area contributed by atoms with Gasteiger partial charge in [0.05, 0.1) is 0 Å². The van der Waals surface area contributed by atoms with Crippen LogP contribution in [0, 0.1) is 0 Å². The van der Waals surface area contributed by atoms with E-state index in [0.717, 1.165) is 19.3 Å². The summed E-state index contributed by atoms with van der Waals surface area (Å²) in [5.74, 6) is 0. The minimum Gasteiger partial charge on any atom is -0.0940 e. The van der Waals surface area contributed by atoms with Gasteiger partial charge in [0.2, 0.25) is 0 Å². The fourth-order valence-corrected chi connectivity index (χ4v) is 1.98. The van der Waals surface area contributed by atoms with Crippen LogP contribution in [0.25, 0.3) is 16.0 Å². The van der Waals surface area contributed by atoms with Gasteiger partial charge in [-0.2, -0.15) is 0 Å². The normalized spacial score (nSPS) is 12.9. The molecule has 0 saturated heterocycles. The number of allylic oxidation sites excluding steroid dienone is 2. The molecule has 1 aromatic carbocycles. The van der Waals surface area contributed by atoms with Crippen LogP contribution in [0.3, 0.4) is 0 Å². The maximum absolute atomic E-state index is 8.16. The standard InChI is InChI=1S/C12H13N3/c13-15-14-9-3-5-11-8-7-10-4-1-2-6-12(10)11/h1-2,4,6,8H,3,5,7,9H2. The third kappa shape index (κ3) is 2.20. The van der Waals surface area contributed by atoms with Gasteiger partial charge in [0, 0.05) is 11.5 Å². The van der Waals surface area contributed by atoms with Crippen molar-refractivity contribution in [2.75, 3.05) is 6.54 Å². The van der Waals surface area contributed by atoms with Gasteiger partial charge in [-0.1, -0.05) is 35.5 Å². The Kier molecular flexibility index (Phi) is 3.05. The predicted molar refractivity (Wildman–Crippen MR) is 61.4 cm³/mol. The highest BCUT2D eigenvalue weighted by molar-refractivity contribution is 5.72. The van der Waals surface area contributed by atoms with Crippen LogP contribution in [0.1, 0.15) is 24.0 Å². The lowest BCUT2D eigenvalue weighted by Crippen LogP contribution is -1.86. The fourth-order valence-electron chi connectivity index (χ4n) is 1.98. The van der Waals surface area contributed by atoms with Crippen molar-refractivity contribution in [1.29, 1.82) is 0 Å². The summed E-state index contributed by atoms with van der Waals surface area (Å²) in [7, 11) is 0. The Hall–Kier alpha value is -1.73. The van der Waals surface area contributed by atoms with E-state index in [4.69, 9.17) is 5.53 Å². The van der Waals surface area contributed by atoms with E-state index in [1.165, 1.54) is 16.7 Å². The zero-order valence-corrected chi connectivity index (χ0v) is 8.56. The lowest BCUT2D eigenvalue weighted by Gasteiger charge is -2.03. The summed E-state index contributed by atoms with van der Waals surface area (Å²) < 4.78 is 0. The molecule has 0 unspecified atom stereocenters. The summed E-state index contributed by atoms with van der Waals surface area (Å²) in [6, 6.07) is 8.50. The average Bonchev–Trinajstić information content (AvgIpc) is 2.68. The van der Waals surface area contributed by atoms with Crippen LogP contribution in [0.4, 0.5) is 0 Å². The Morgan fingerprint density at radius 3 is 3.07 bits per heavy atom. The molecule has 76 valence electrons. The third-order valence-electron chi connectivity index (χ3n) is 2.70. The molecule has 0 N–H and O–H groups in total. The Morgan fingerprint density at radius 1 is 1.33 bits per heavy atom. The molecule has 0 radical (unpaired) electrons. The van der Waals surface area contributed by atoms with Crippen LogP contribution in [-0.4, -0.2) is 6.54 Å². The molecule has 0 aromatic heterocycles. The summed E-state index contributed by atoms with van der Waals surface area (Å²) in [6.07, 6.45) is 5.27. The van der Waals surface area contributed by atoms with Gasteiger partial charge in [-0.05, 0) is 41.5 Å². The van der Waals surface area contributed by atoms with E-state index in [1.807, 2.05) is 0 Å². The molecule has 1 aliphatic carbocycles. The van der Waals surface area contributed by atoms with Crippen molar-refractivity contribution in [1.82, 2.24) is 0 Å². The van der Waals surface area contributed by atoms with Crippen molar-refractivity contribution >= 4 is 5.57 Å². The van der Waals surface area contributed by atoms with Gasteiger partial charge in [-0.3, -0.25) is 0 Å². The maximum atomic E-state index is 8.16. The molecule has 0 aliphatic heterocycles. The second kappa shape index (κ2) is 4.67.